The van der Waals surface area contributed by atoms with Gasteiger partial charge in [-0.1, -0.05) is 12.1 Å². The van der Waals surface area contributed by atoms with E-state index < -0.39 is 0 Å². The minimum atomic E-state index is -0.223. The highest BCUT2D eigenvalue weighted by molar-refractivity contribution is 5.85. The van der Waals surface area contributed by atoms with E-state index in [-0.39, 0.29) is 30.2 Å². The van der Waals surface area contributed by atoms with Crippen LogP contribution in [0.3, 0.4) is 0 Å². The lowest BCUT2D eigenvalue weighted by Crippen LogP contribution is -2.35. The van der Waals surface area contributed by atoms with Gasteiger partial charge in [-0.25, -0.2) is 4.39 Å². The summed E-state index contributed by atoms with van der Waals surface area (Å²) in [4.78, 5) is 14.4. The van der Waals surface area contributed by atoms with E-state index in [1.807, 2.05) is 11.0 Å². The zero-order valence-electron chi connectivity index (χ0n) is 12.1. The average Bonchev–Trinajstić information content (AvgIpc) is 3.09. The zero-order chi connectivity index (χ0) is 13.9. The highest BCUT2D eigenvalue weighted by Gasteiger charge is 2.31. The summed E-state index contributed by atoms with van der Waals surface area (Å²) in [6, 6.07) is 7.05. The molecule has 1 aromatic carbocycles. The van der Waals surface area contributed by atoms with E-state index in [0.29, 0.717) is 12.5 Å². The summed E-state index contributed by atoms with van der Waals surface area (Å²) < 4.78 is 13.4. The first kappa shape index (κ1) is 16.2. The topological polar surface area (TPSA) is 32.3 Å². The van der Waals surface area contributed by atoms with Crippen LogP contribution in [0, 0.1) is 5.82 Å². The monoisotopic (exact) mass is 312 g/mol. The molecule has 0 aromatic heterocycles. The van der Waals surface area contributed by atoms with Gasteiger partial charge in [-0.05, 0) is 49.9 Å². The van der Waals surface area contributed by atoms with E-state index in [4.69, 9.17) is 0 Å². The molecule has 2 fully saturated rings. The second-order valence-electron chi connectivity index (χ2n) is 5.80. The zero-order valence-corrected chi connectivity index (χ0v) is 12.9. The molecule has 2 aliphatic heterocycles. The van der Waals surface area contributed by atoms with Crippen molar-refractivity contribution in [2.45, 2.75) is 44.2 Å². The van der Waals surface area contributed by atoms with E-state index in [9.17, 15) is 9.18 Å². The summed E-state index contributed by atoms with van der Waals surface area (Å²) in [5, 5.41) is 3.37. The van der Waals surface area contributed by atoms with Crippen LogP contribution in [0.15, 0.2) is 24.3 Å². The molecule has 2 atom stereocenters. The van der Waals surface area contributed by atoms with E-state index in [2.05, 4.69) is 5.32 Å². The third-order valence-corrected chi connectivity index (χ3v) is 4.39. The van der Waals surface area contributed by atoms with Crippen LogP contribution < -0.4 is 5.32 Å². The van der Waals surface area contributed by atoms with Crippen molar-refractivity contribution in [3.05, 3.63) is 35.6 Å². The number of rotatable bonds is 3. The lowest BCUT2D eigenvalue weighted by molar-refractivity contribution is -0.132. The Kier molecular flexibility index (Phi) is 5.59. The number of carbonyl (C=O) groups excluding carboxylic acids is 1. The van der Waals surface area contributed by atoms with Crippen LogP contribution in [-0.2, 0) is 4.79 Å². The number of hydrogen-bond donors (Lipinski definition) is 1. The van der Waals surface area contributed by atoms with Crippen molar-refractivity contribution in [3.8, 4) is 0 Å². The van der Waals surface area contributed by atoms with Crippen LogP contribution in [-0.4, -0.2) is 29.9 Å². The standard InChI is InChI=1S/C16H21FN2O.ClH/c17-13-5-1-4-12(10-13)15-7-3-9-19(15)16(20)11-14-6-2-8-18-14;/h1,4-5,10,14-15,18H,2-3,6-9,11H2;1H. The van der Waals surface area contributed by atoms with Gasteiger partial charge in [0.25, 0.3) is 0 Å². The summed E-state index contributed by atoms with van der Waals surface area (Å²) in [7, 11) is 0. The van der Waals surface area contributed by atoms with E-state index in [1.54, 1.807) is 12.1 Å². The van der Waals surface area contributed by atoms with Gasteiger partial charge in [-0.2, -0.15) is 0 Å². The molecule has 2 heterocycles. The summed E-state index contributed by atoms with van der Waals surface area (Å²) in [6.07, 6.45) is 4.76. The second-order valence-corrected chi connectivity index (χ2v) is 5.80. The fourth-order valence-electron chi connectivity index (χ4n) is 3.38. The van der Waals surface area contributed by atoms with Crippen LogP contribution in [0.5, 0.6) is 0 Å². The van der Waals surface area contributed by atoms with Gasteiger partial charge in [0, 0.05) is 19.0 Å². The van der Waals surface area contributed by atoms with Gasteiger partial charge in [-0.3, -0.25) is 4.79 Å². The Morgan fingerprint density at radius 2 is 2.19 bits per heavy atom. The first-order valence-electron chi connectivity index (χ1n) is 7.52. The van der Waals surface area contributed by atoms with Gasteiger partial charge in [0.2, 0.25) is 5.91 Å². The molecule has 0 radical (unpaired) electrons. The third-order valence-electron chi connectivity index (χ3n) is 4.39. The Bertz CT molecular complexity index is 491. The first-order valence-corrected chi connectivity index (χ1v) is 7.52. The number of amides is 1. The Morgan fingerprint density at radius 1 is 1.33 bits per heavy atom. The van der Waals surface area contributed by atoms with Gasteiger partial charge in [0.1, 0.15) is 5.82 Å². The molecule has 3 rings (SSSR count). The smallest absolute Gasteiger partial charge is 0.224 e. The molecule has 1 amide bonds. The van der Waals surface area contributed by atoms with Crippen molar-refractivity contribution < 1.29 is 9.18 Å². The van der Waals surface area contributed by atoms with Gasteiger partial charge >= 0.3 is 0 Å². The van der Waals surface area contributed by atoms with Gasteiger partial charge in [0.05, 0.1) is 6.04 Å². The number of halogens is 2. The largest absolute Gasteiger partial charge is 0.336 e. The molecular weight excluding hydrogens is 291 g/mol. The number of carbonyl (C=O) groups is 1. The number of nitrogens with one attached hydrogen (secondary N) is 1. The number of nitrogens with zero attached hydrogens (tertiary/aromatic N) is 1. The Labute approximate surface area is 131 Å². The summed E-state index contributed by atoms with van der Waals surface area (Å²) in [5.41, 5.74) is 0.926. The molecule has 0 spiro atoms. The number of likely N-dealkylation sites (tertiary alicyclic amines) is 1. The maximum Gasteiger partial charge on any atom is 0.224 e. The van der Waals surface area contributed by atoms with E-state index >= 15 is 0 Å². The molecule has 2 unspecified atom stereocenters. The number of hydrogen-bond acceptors (Lipinski definition) is 2. The molecule has 0 saturated carbocycles. The Balaban J connectivity index is 0.00000161. The van der Waals surface area contributed by atoms with Crippen LogP contribution in [0.1, 0.15) is 43.7 Å². The normalized spacial score (nSPS) is 24.9. The molecular formula is C16H22ClFN2O. The van der Waals surface area contributed by atoms with Gasteiger partial charge in [-0.15, -0.1) is 12.4 Å². The highest BCUT2D eigenvalue weighted by Crippen LogP contribution is 2.33. The van der Waals surface area contributed by atoms with Gasteiger partial charge < -0.3 is 10.2 Å². The van der Waals surface area contributed by atoms with Crippen LogP contribution in [0.25, 0.3) is 0 Å². The van der Waals surface area contributed by atoms with Crippen molar-refractivity contribution in [1.29, 1.82) is 0 Å². The van der Waals surface area contributed by atoms with Gasteiger partial charge in [0.15, 0.2) is 0 Å². The Hall–Kier alpha value is -1.13. The molecule has 1 N–H and O–H groups in total. The van der Waals surface area contributed by atoms with Crippen molar-refractivity contribution in [1.82, 2.24) is 10.2 Å². The minimum absolute atomic E-state index is 0. The van der Waals surface area contributed by atoms with Crippen LogP contribution >= 0.6 is 12.4 Å². The van der Waals surface area contributed by atoms with Crippen molar-refractivity contribution in [3.63, 3.8) is 0 Å². The fourth-order valence-corrected chi connectivity index (χ4v) is 3.38. The summed E-state index contributed by atoms with van der Waals surface area (Å²) in [6.45, 7) is 1.82. The molecule has 21 heavy (non-hydrogen) atoms. The molecule has 116 valence electrons. The molecule has 3 nitrogen and oxygen atoms in total. The molecule has 1 aromatic rings. The second kappa shape index (κ2) is 7.23. The first-order chi connectivity index (χ1) is 9.74. The van der Waals surface area contributed by atoms with E-state index in [0.717, 1.165) is 44.3 Å². The van der Waals surface area contributed by atoms with Crippen molar-refractivity contribution in [2.24, 2.45) is 0 Å². The van der Waals surface area contributed by atoms with E-state index in [1.165, 1.54) is 6.07 Å². The van der Waals surface area contributed by atoms with Crippen molar-refractivity contribution >= 4 is 18.3 Å². The third kappa shape index (κ3) is 3.74. The van der Waals surface area contributed by atoms with Crippen LogP contribution in [0.2, 0.25) is 0 Å². The maximum absolute atomic E-state index is 13.4. The molecule has 0 bridgehead atoms. The SMILES string of the molecule is Cl.O=C(CC1CCCN1)N1CCCC1c1cccc(F)c1. The summed E-state index contributed by atoms with van der Waals surface area (Å²) >= 11 is 0. The predicted octanol–water partition coefficient (Wildman–Crippen LogP) is 3.05. The lowest BCUT2D eigenvalue weighted by atomic mass is 10.0. The lowest BCUT2D eigenvalue weighted by Gasteiger charge is -2.26. The number of benzene rings is 1. The van der Waals surface area contributed by atoms with Crippen LogP contribution in [0.4, 0.5) is 4.39 Å². The van der Waals surface area contributed by atoms with Crippen molar-refractivity contribution in [2.75, 3.05) is 13.1 Å². The molecule has 5 heteroatoms. The minimum Gasteiger partial charge on any atom is -0.336 e. The predicted molar refractivity (Wildman–Crippen MR) is 83.0 cm³/mol. The Morgan fingerprint density at radius 3 is 2.90 bits per heavy atom. The fraction of sp³-hybridized carbons (Fsp3) is 0.562. The summed E-state index contributed by atoms with van der Waals surface area (Å²) in [5.74, 6) is -0.0181. The molecule has 2 saturated heterocycles. The highest BCUT2D eigenvalue weighted by atomic mass is 35.5. The average molecular weight is 313 g/mol. The molecule has 0 aliphatic carbocycles. The molecule has 2 aliphatic rings. The maximum atomic E-state index is 13.4. The quantitative estimate of drug-likeness (QED) is 0.930.